The summed E-state index contributed by atoms with van der Waals surface area (Å²) in [5.74, 6) is 0. The van der Waals surface area contributed by atoms with Crippen molar-refractivity contribution in [1.82, 2.24) is 5.32 Å². The Balaban J connectivity index is 4.82. The second-order valence-corrected chi connectivity index (χ2v) is 2.32. The van der Waals surface area contributed by atoms with Crippen molar-refractivity contribution < 1.29 is 4.92 Å². The maximum Gasteiger partial charge on any atom is 0.374 e. The maximum absolute atomic E-state index is 10.2. The molecule has 0 spiro atoms. The number of thioether (sulfide) groups is 1. The van der Waals surface area contributed by atoms with E-state index < -0.39 is 10.6 Å². The van der Waals surface area contributed by atoms with Crippen molar-refractivity contribution in [2.75, 3.05) is 13.3 Å². The lowest BCUT2D eigenvalue weighted by molar-refractivity contribution is -0.418. The Morgan fingerprint density at radius 1 is 1.82 bits per heavy atom. The van der Waals surface area contributed by atoms with E-state index >= 15 is 0 Å². The molecule has 0 saturated carbocycles. The van der Waals surface area contributed by atoms with Crippen molar-refractivity contribution in [2.24, 2.45) is 0 Å². The Morgan fingerprint density at radius 3 is 2.45 bits per heavy atom. The first-order valence-corrected chi connectivity index (χ1v) is 3.90. The van der Waals surface area contributed by atoms with Gasteiger partial charge in [0.25, 0.3) is 0 Å². The zero-order valence-corrected chi connectivity index (χ0v) is 6.94. The number of nitrogens with one attached hydrogen (secondary N) is 1. The van der Waals surface area contributed by atoms with Gasteiger partial charge in [0.1, 0.15) is 0 Å². The third kappa shape index (κ3) is 2.47. The topological polar surface area (TPSA) is 79.0 Å². The van der Waals surface area contributed by atoms with Gasteiger partial charge in [0.2, 0.25) is 0 Å². The summed E-state index contributed by atoms with van der Waals surface area (Å²) in [4.78, 5) is 9.46. The van der Waals surface area contributed by atoms with Crippen molar-refractivity contribution in [2.45, 2.75) is 0 Å². The van der Waals surface area contributed by atoms with Gasteiger partial charge in [-0.15, -0.1) is 11.8 Å². The van der Waals surface area contributed by atoms with Crippen LogP contribution in [-0.2, 0) is 0 Å². The fourth-order valence-electron chi connectivity index (χ4n) is 0.492. The van der Waals surface area contributed by atoms with Gasteiger partial charge in [0.15, 0.2) is 11.1 Å². The van der Waals surface area contributed by atoms with Crippen LogP contribution in [0.15, 0.2) is 10.7 Å². The molecule has 0 unspecified atom stereocenters. The highest BCUT2D eigenvalue weighted by Crippen LogP contribution is 2.12. The first kappa shape index (κ1) is 9.78. The predicted octanol–water partition coefficient (Wildman–Crippen LogP) is 0.538. The van der Waals surface area contributed by atoms with E-state index in [2.05, 4.69) is 5.32 Å². The molecule has 0 aromatic carbocycles. The third-order valence-electron chi connectivity index (χ3n) is 0.935. The van der Waals surface area contributed by atoms with Crippen LogP contribution in [-0.4, -0.2) is 18.2 Å². The zero-order valence-electron chi connectivity index (χ0n) is 6.12. The van der Waals surface area contributed by atoms with Crippen LogP contribution in [0.5, 0.6) is 0 Å². The van der Waals surface area contributed by atoms with Crippen molar-refractivity contribution in [1.29, 1.82) is 5.26 Å². The van der Waals surface area contributed by atoms with Gasteiger partial charge in [0, 0.05) is 7.05 Å². The number of rotatable bonds is 3. The summed E-state index contributed by atoms with van der Waals surface area (Å²) in [5, 5.41) is 21.3. The summed E-state index contributed by atoms with van der Waals surface area (Å²) in [6.07, 6.45) is 1.66. The molecule has 0 aliphatic rings. The minimum Gasteiger partial charge on any atom is -0.377 e. The second kappa shape index (κ2) is 4.57. The fraction of sp³-hybridized carbons (Fsp3) is 0.400. The number of hydrogen-bond acceptors (Lipinski definition) is 5. The van der Waals surface area contributed by atoms with Gasteiger partial charge in [-0.1, -0.05) is 0 Å². The van der Waals surface area contributed by atoms with E-state index in [9.17, 15) is 10.1 Å². The van der Waals surface area contributed by atoms with E-state index in [-0.39, 0.29) is 5.03 Å². The van der Waals surface area contributed by atoms with Crippen LogP contribution in [0.3, 0.4) is 0 Å². The molecule has 0 atom stereocenters. The molecule has 0 amide bonds. The molecule has 1 N–H and O–H groups in total. The first-order valence-electron chi connectivity index (χ1n) is 2.67. The molecule has 0 aliphatic carbocycles. The van der Waals surface area contributed by atoms with Crippen LogP contribution >= 0.6 is 11.8 Å². The number of nitriles is 1. The molecule has 0 aliphatic heterocycles. The van der Waals surface area contributed by atoms with Crippen molar-refractivity contribution >= 4 is 11.8 Å². The lowest BCUT2D eigenvalue weighted by Gasteiger charge is -1.98. The number of allylic oxidation sites excluding steroid dienone is 1. The molecule has 60 valence electrons. The smallest absolute Gasteiger partial charge is 0.374 e. The quantitative estimate of drug-likeness (QED) is 0.382. The highest BCUT2D eigenvalue weighted by molar-refractivity contribution is 8.02. The molecule has 0 fully saturated rings. The SMILES string of the molecule is CNC(SC)=C(C#N)[N+](=O)[O-]. The Labute approximate surface area is 68.2 Å². The van der Waals surface area contributed by atoms with Crippen LogP contribution in [0.1, 0.15) is 0 Å². The highest BCUT2D eigenvalue weighted by atomic mass is 32.2. The molecule has 0 bridgehead atoms. The van der Waals surface area contributed by atoms with Gasteiger partial charge in [-0.25, -0.2) is 0 Å². The van der Waals surface area contributed by atoms with E-state index in [1.165, 1.54) is 13.1 Å². The molecule has 0 aromatic heterocycles. The summed E-state index contributed by atoms with van der Waals surface area (Å²) in [6, 6.07) is 1.50. The largest absolute Gasteiger partial charge is 0.377 e. The standard InChI is InChI=1S/C5H7N3O2S/c1-7-5(11-2)4(3-6)8(9)10/h7H,1-2H3. The Bertz CT molecular complexity index is 224. The Hall–Kier alpha value is -1.22. The molecule has 0 radical (unpaired) electrons. The second-order valence-electron chi connectivity index (χ2n) is 1.50. The summed E-state index contributed by atoms with van der Waals surface area (Å²) >= 11 is 1.14. The first-order chi connectivity index (χ1) is 5.17. The van der Waals surface area contributed by atoms with Gasteiger partial charge in [-0.05, 0) is 6.26 Å². The molecular formula is C5H7N3O2S. The monoisotopic (exact) mass is 173 g/mol. The van der Waals surface area contributed by atoms with Crippen LogP contribution in [0.2, 0.25) is 0 Å². The average molecular weight is 173 g/mol. The molecule has 0 saturated heterocycles. The highest BCUT2D eigenvalue weighted by Gasteiger charge is 2.15. The Morgan fingerprint density at radius 2 is 2.36 bits per heavy atom. The van der Waals surface area contributed by atoms with Gasteiger partial charge >= 0.3 is 5.70 Å². The molecule has 0 aromatic rings. The number of hydrogen-bond donors (Lipinski definition) is 1. The molecule has 0 rings (SSSR count). The predicted molar refractivity (Wildman–Crippen MR) is 42.2 cm³/mol. The fourth-order valence-corrected chi connectivity index (χ4v) is 1.01. The minimum atomic E-state index is -0.706. The maximum atomic E-state index is 10.2. The van der Waals surface area contributed by atoms with Gasteiger partial charge < -0.3 is 5.32 Å². The van der Waals surface area contributed by atoms with Gasteiger partial charge in [-0.3, -0.25) is 10.1 Å². The normalized spacial score (nSPS) is 11.4. The molecule has 0 heterocycles. The lowest BCUT2D eigenvalue weighted by Crippen LogP contribution is -2.10. The lowest BCUT2D eigenvalue weighted by atomic mass is 10.5. The summed E-state index contributed by atoms with van der Waals surface area (Å²) in [7, 11) is 1.53. The number of nitro groups is 1. The van der Waals surface area contributed by atoms with Gasteiger partial charge in [0.05, 0.1) is 4.92 Å². The number of nitrogens with zero attached hydrogens (tertiary/aromatic N) is 2. The van der Waals surface area contributed by atoms with Gasteiger partial charge in [-0.2, -0.15) is 5.26 Å². The van der Waals surface area contributed by atoms with Crippen LogP contribution < -0.4 is 5.32 Å². The minimum absolute atomic E-state index is 0.275. The molecule has 5 nitrogen and oxygen atoms in total. The van der Waals surface area contributed by atoms with E-state index in [4.69, 9.17) is 5.26 Å². The van der Waals surface area contributed by atoms with E-state index in [0.717, 1.165) is 11.8 Å². The third-order valence-corrected chi connectivity index (χ3v) is 1.74. The molecular weight excluding hydrogens is 166 g/mol. The van der Waals surface area contributed by atoms with E-state index in [1.807, 2.05) is 0 Å². The average Bonchev–Trinajstić information content (AvgIpc) is 1.99. The summed E-state index contributed by atoms with van der Waals surface area (Å²) < 4.78 is 0. The van der Waals surface area contributed by atoms with Crippen LogP contribution in [0.25, 0.3) is 0 Å². The van der Waals surface area contributed by atoms with Crippen molar-refractivity contribution in [3.05, 3.63) is 20.8 Å². The van der Waals surface area contributed by atoms with Crippen LogP contribution in [0.4, 0.5) is 0 Å². The molecule has 6 heteroatoms. The van der Waals surface area contributed by atoms with Crippen LogP contribution in [0, 0.1) is 21.4 Å². The van der Waals surface area contributed by atoms with E-state index in [0.29, 0.717) is 0 Å². The summed E-state index contributed by atoms with van der Waals surface area (Å²) in [5.41, 5.74) is -0.444. The van der Waals surface area contributed by atoms with Crippen molar-refractivity contribution in [3.8, 4) is 6.07 Å². The summed E-state index contributed by atoms with van der Waals surface area (Å²) in [6.45, 7) is 0. The van der Waals surface area contributed by atoms with E-state index in [1.54, 1.807) is 6.26 Å². The molecule has 11 heavy (non-hydrogen) atoms. The zero-order chi connectivity index (χ0) is 8.85. The Kier molecular flexibility index (Phi) is 4.07. The van der Waals surface area contributed by atoms with Crippen molar-refractivity contribution in [3.63, 3.8) is 0 Å².